The molecule has 10 N–H and O–H groups in total. The van der Waals surface area contributed by atoms with Crippen molar-refractivity contribution in [3.8, 4) is 0 Å². The van der Waals surface area contributed by atoms with E-state index in [0.29, 0.717) is 25.4 Å². The molecular weight excluding hydrogens is 865 g/mol. The number of aliphatic hydroxyl groups excluding tert-OH is 9. The number of fused-ring (bicyclic) bond motifs is 4. The minimum atomic E-state index is -1.86. The average Bonchev–Trinajstić information content (AvgIpc) is 3.87. The SMILES string of the molecule is CC(C)=CCC1O[C@]23C[C@]4(CO2)[C@H](CC[C@@H]2[C@@]5(C)CC[C@H](O[C@@H]6O[C@H](CO)[C@@H](O)[C@H](O[C@@H]7O[C@H](CO)[C@@H](O)[C@H](O)[C@H]7O)[C@H]6O[C@@H]6O[C@@H](C)[C@H](O)[C@@H](O)[C@H]6O)C(C)(C)[C@@H]5CC[C@]24C)[C@H]3[C@@]1(C)O. The van der Waals surface area contributed by atoms with Crippen LogP contribution in [-0.2, 0) is 37.9 Å². The highest BCUT2D eigenvalue weighted by molar-refractivity contribution is 5.28. The van der Waals surface area contributed by atoms with E-state index < -0.39 is 128 Å². The Bertz CT molecular complexity index is 1790. The second-order valence-electron chi connectivity index (χ2n) is 23.3. The minimum absolute atomic E-state index is 0.0887. The summed E-state index contributed by atoms with van der Waals surface area (Å²) in [6.07, 6.45) is -15.6. The third-order valence-corrected chi connectivity index (χ3v) is 19.3. The Morgan fingerprint density at radius 1 is 0.667 bits per heavy atom. The van der Waals surface area contributed by atoms with Crippen LogP contribution in [0.15, 0.2) is 11.6 Å². The molecule has 26 atom stereocenters. The van der Waals surface area contributed by atoms with Crippen molar-refractivity contribution in [2.45, 2.75) is 222 Å². The van der Waals surface area contributed by atoms with Gasteiger partial charge in [-0.15, -0.1) is 0 Å². The molecule has 18 nitrogen and oxygen atoms in total. The molecule has 9 fully saturated rings. The van der Waals surface area contributed by atoms with Crippen molar-refractivity contribution >= 4 is 0 Å². The lowest BCUT2D eigenvalue weighted by Crippen LogP contribution is -2.68. The van der Waals surface area contributed by atoms with Crippen LogP contribution in [-0.4, -0.2) is 187 Å². The molecular formula is C48H78O18. The molecule has 1 unspecified atom stereocenters. The van der Waals surface area contributed by atoms with Gasteiger partial charge in [0.25, 0.3) is 0 Å². The summed E-state index contributed by atoms with van der Waals surface area (Å²) in [6.45, 7) is 16.1. The van der Waals surface area contributed by atoms with Crippen molar-refractivity contribution in [2.75, 3.05) is 19.8 Å². The van der Waals surface area contributed by atoms with E-state index >= 15 is 0 Å². The fraction of sp³-hybridized carbons (Fsp3) is 0.958. The summed E-state index contributed by atoms with van der Waals surface area (Å²) in [7, 11) is 0. The lowest BCUT2D eigenvalue weighted by atomic mass is 9.35. The first-order valence-corrected chi connectivity index (χ1v) is 24.5. The first-order valence-electron chi connectivity index (χ1n) is 24.5. The highest BCUT2D eigenvalue weighted by Gasteiger charge is 2.82. The Kier molecular flexibility index (Phi) is 13.1. The van der Waals surface area contributed by atoms with Crippen LogP contribution < -0.4 is 0 Å². The standard InChI is InChI=1S/C48H78O18/c1-21(2)9-12-29-46(8,58)39-23-10-11-27-44(6)15-14-28(43(4,5)26(44)13-16-45(27,7)47(23)19-48(39,66-29)59-20-47)63-42-38(65-40-35(56)33(54)30(51)22(3)60-40)37(32(53)25(18-50)62-42)64-41-36(57)34(55)31(52)24(17-49)61-41/h9,22-42,49-58H,10-20H2,1-8H3/t22-,23+,24+,25+,26-,27+,28-,29?,30-,31+,32+,33+,34-,35+,36+,37-,38+,39-,40-,41-,42-,44-,45+,46-,47-,48-/m0/s1. The third-order valence-electron chi connectivity index (χ3n) is 19.3. The van der Waals surface area contributed by atoms with Gasteiger partial charge in [-0.25, -0.2) is 0 Å². The van der Waals surface area contributed by atoms with E-state index in [-0.39, 0.29) is 40.1 Å². The molecule has 5 aliphatic heterocycles. The van der Waals surface area contributed by atoms with E-state index in [0.717, 1.165) is 38.5 Å². The van der Waals surface area contributed by atoms with E-state index in [1.807, 2.05) is 6.92 Å². The van der Waals surface area contributed by atoms with Gasteiger partial charge >= 0.3 is 0 Å². The van der Waals surface area contributed by atoms with Gasteiger partial charge < -0.3 is 89.0 Å². The molecule has 9 aliphatic rings. The van der Waals surface area contributed by atoms with Gasteiger partial charge in [-0.05, 0) is 107 Å². The molecule has 2 spiro atoms. The average molecular weight is 943 g/mol. The van der Waals surface area contributed by atoms with Gasteiger partial charge in [-0.2, -0.15) is 0 Å². The van der Waals surface area contributed by atoms with Crippen molar-refractivity contribution in [1.82, 2.24) is 0 Å². The van der Waals surface area contributed by atoms with Crippen LogP contribution in [0.4, 0.5) is 0 Å². The molecule has 0 aromatic heterocycles. The lowest BCUT2D eigenvalue weighted by Gasteiger charge is -2.70. The van der Waals surface area contributed by atoms with Gasteiger partial charge in [0, 0.05) is 17.8 Å². The summed E-state index contributed by atoms with van der Waals surface area (Å²) in [4.78, 5) is 0. The highest BCUT2D eigenvalue weighted by atomic mass is 16.8. The van der Waals surface area contributed by atoms with E-state index in [1.54, 1.807) is 0 Å². The predicted octanol–water partition coefficient (Wildman–Crippen LogP) is 0.355. The zero-order valence-corrected chi connectivity index (χ0v) is 39.7. The fourth-order valence-electron chi connectivity index (χ4n) is 15.9. The van der Waals surface area contributed by atoms with Gasteiger partial charge in [0.1, 0.15) is 67.1 Å². The Balaban J connectivity index is 0.986. The molecule has 18 heteroatoms. The van der Waals surface area contributed by atoms with E-state index in [2.05, 4.69) is 47.6 Å². The summed E-state index contributed by atoms with van der Waals surface area (Å²) in [5.41, 5.74) is -0.692. The van der Waals surface area contributed by atoms with Crippen LogP contribution in [0.1, 0.15) is 107 Å². The normalized spacial score (nSPS) is 57.4. The summed E-state index contributed by atoms with van der Waals surface area (Å²) in [5.74, 6) is -0.143. The molecule has 4 saturated carbocycles. The second kappa shape index (κ2) is 17.4. The van der Waals surface area contributed by atoms with Gasteiger partial charge in [-0.1, -0.05) is 39.3 Å². The molecule has 0 radical (unpaired) electrons. The Morgan fingerprint density at radius 3 is 1.95 bits per heavy atom. The second-order valence-corrected chi connectivity index (χ2v) is 23.3. The summed E-state index contributed by atoms with van der Waals surface area (Å²) in [6, 6.07) is 0. The zero-order valence-electron chi connectivity index (χ0n) is 39.7. The largest absolute Gasteiger partial charge is 0.394 e. The molecule has 4 aliphatic carbocycles. The number of hydrogen-bond donors (Lipinski definition) is 10. The number of hydrogen-bond acceptors (Lipinski definition) is 18. The van der Waals surface area contributed by atoms with Gasteiger partial charge in [0.2, 0.25) is 0 Å². The number of aliphatic hydroxyl groups is 10. The number of allylic oxidation sites excluding steroid dienone is 1. The molecule has 9 rings (SSSR count). The number of ether oxygens (including phenoxy) is 8. The summed E-state index contributed by atoms with van der Waals surface area (Å²) in [5, 5.41) is 109. The monoisotopic (exact) mass is 943 g/mol. The first-order chi connectivity index (χ1) is 30.9. The molecule has 2 bridgehead atoms. The maximum Gasteiger partial charge on any atom is 0.187 e. The molecule has 0 aromatic carbocycles. The van der Waals surface area contributed by atoms with Crippen molar-refractivity contribution < 1.29 is 89.0 Å². The maximum absolute atomic E-state index is 12.3. The Morgan fingerprint density at radius 2 is 1.29 bits per heavy atom. The molecule has 0 amide bonds. The minimum Gasteiger partial charge on any atom is -0.394 e. The van der Waals surface area contributed by atoms with Crippen LogP contribution in [0, 0.1) is 45.3 Å². The molecule has 5 saturated heterocycles. The predicted molar refractivity (Wildman–Crippen MR) is 229 cm³/mol. The van der Waals surface area contributed by atoms with Crippen molar-refractivity contribution in [2.24, 2.45) is 45.3 Å². The molecule has 66 heavy (non-hydrogen) atoms. The van der Waals surface area contributed by atoms with E-state index in [4.69, 9.17) is 37.9 Å². The Hall–Kier alpha value is -0.980. The van der Waals surface area contributed by atoms with E-state index in [9.17, 15) is 51.1 Å². The maximum atomic E-state index is 12.3. The third kappa shape index (κ3) is 7.32. The molecule has 378 valence electrons. The van der Waals surface area contributed by atoms with Crippen LogP contribution in [0.2, 0.25) is 0 Å². The van der Waals surface area contributed by atoms with Crippen LogP contribution in [0.5, 0.6) is 0 Å². The van der Waals surface area contributed by atoms with Gasteiger partial charge in [0.05, 0.1) is 43.7 Å². The van der Waals surface area contributed by atoms with Crippen molar-refractivity contribution in [3.05, 3.63) is 11.6 Å². The Labute approximate surface area is 387 Å². The topological polar surface area (TPSA) is 276 Å². The summed E-state index contributed by atoms with van der Waals surface area (Å²) >= 11 is 0. The number of rotatable bonds is 10. The first kappa shape index (κ1) is 50.0. The zero-order chi connectivity index (χ0) is 47.8. The van der Waals surface area contributed by atoms with Crippen molar-refractivity contribution in [1.29, 1.82) is 0 Å². The van der Waals surface area contributed by atoms with Crippen molar-refractivity contribution in [3.63, 3.8) is 0 Å². The fourth-order valence-corrected chi connectivity index (χ4v) is 15.9. The highest BCUT2D eigenvalue weighted by Crippen LogP contribution is 2.81. The lowest BCUT2D eigenvalue weighted by molar-refractivity contribution is -0.398. The quantitative estimate of drug-likeness (QED) is 0.105. The van der Waals surface area contributed by atoms with E-state index in [1.165, 1.54) is 12.5 Å². The van der Waals surface area contributed by atoms with Crippen LogP contribution in [0.3, 0.4) is 0 Å². The van der Waals surface area contributed by atoms with Gasteiger partial charge in [-0.3, -0.25) is 0 Å². The van der Waals surface area contributed by atoms with Crippen LogP contribution in [0.25, 0.3) is 0 Å². The summed E-state index contributed by atoms with van der Waals surface area (Å²) < 4.78 is 51.1. The molecule has 5 heterocycles. The van der Waals surface area contributed by atoms with Crippen LogP contribution >= 0.6 is 0 Å². The van der Waals surface area contributed by atoms with Gasteiger partial charge in [0.15, 0.2) is 24.7 Å². The molecule has 0 aromatic rings. The smallest absolute Gasteiger partial charge is 0.187 e.